The van der Waals surface area contributed by atoms with E-state index in [1.807, 2.05) is 0 Å². The van der Waals surface area contributed by atoms with E-state index in [9.17, 15) is 29.1 Å². The number of rotatable bonds is 11. The summed E-state index contributed by atoms with van der Waals surface area (Å²) in [5.74, 6) is -5.29. The van der Waals surface area contributed by atoms with E-state index in [-0.39, 0.29) is 12.5 Å². The number of carbonyl (C=O) groups excluding carboxylic acids is 3. The Morgan fingerprint density at radius 1 is 1.13 bits per heavy atom. The van der Waals surface area contributed by atoms with Gasteiger partial charge in [-0.3, -0.25) is 19.2 Å². The maximum absolute atomic E-state index is 13.0. The van der Waals surface area contributed by atoms with Crippen LogP contribution in [0, 0.1) is 5.92 Å². The third kappa shape index (κ3) is 6.66. The fraction of sp³-hybridized carbons (Fsp3) is 0.722. The fourth-order valence-electron chi connectivity index (χ4n) is 3.15. The molecule has 7 N–H and O–H groups in total. The number of hydrogen-bond acceptors (Lipinski definition) is 7. The second-order valence-electron chi connectivity index (χ2n) is 7.35. The van der Waals surface area contributed by atoms with Gasteiger partial charge in [0.15, 0.2) is 0 Å². The van der Waals surface area contributed by atoms with E-state index in [1.165, 1.54) is 4.90 Å². The van der Waals surface area contributed by atoms with Crippen molar-refractivity contribution >= 4 is 29.7 Å². The van der Waals surface area contributed by atoms with E-state index in [0.717, 1.165) is 0 Å². The monoisotopic (exact) mass is 430 g/mol. The number of hydrogen-bond donors (Lipinski definition) is 6. The van der Waals surface area contributed by atoms with Gasteiger partial charge in [-0.05, 0) is 18.8 Å². The molecule has 12 nitrogen and oxygen atoms in total. The van der Waals surface area contributed by atoms with Crippen LogP contribution in [0.5, 0.6) is 0 Å². The van der Waals surface area contributed by atoms with Crippen LogP contribution in [0.1, 0.15) is 39.5 Å². The minimum Gasteiger partial charge on any atom is -0.481 e. The van der Waals surface area contributed by atoms with Crippen LogP contribution in [0.15, 0.2) is 0 Å². The van der Waals surface area contributed by atoms with Crippen molar-refractivity contribution < 1.29 is 39.3 Å². The van der Waals surface area contributed by atoms with Crippen molar-refractivity contribution in [3.8, 4) is 0 Å². The van der Waals surface area contributed by atoms with E-state index in [2.05, 4.69) is 10.6 Å². The summed E-state index contributed by atoms with van der Waals surface area (Å²) >= 11 is 0. The van der Waals surface area contributed by atoms with Crippen LogP contribution in [-0.4, -0.2) is 87.2 Å². The number of aliphatic hydroxyl groups excluding tert-OH is 1. The molecule has 0 bridgehead atoms. The van der Waals surface area contributed by atoms with Crippen molar-refractivity contribution in [3.05, 3.63) is 0 Å². The Morgan fingerprint density at radius 3 is 2.27 bits per heavy atom. The van der Waals surface area contributed by atoms with Gasteiger partial charge < -0.3 is 36.6 Å². The third-order valence-electron chi connectivity index (χ3n) is 5.14. The van der Waals surface area contributed by atoms with E-state index in [4.69, 9.17) is 15.9 Å². The van der Waals surface area contributed by atoms with Crippen LogP contribution in [0.3, 0.4) is 0 Å². The highest BCUT2D eigenvalue weighted by molar-refractivity contribution is 5.95. The maximum atomic E-state index is 13.0. The van der Waals surface area contributed by atoms with Crippen LogP contribution in [0.25, 0.3) is 0 Å². The molecule has 1 fully saturated rings. The molecule has 0 aromatic heterocycles. The van der Waals surface area contributed by atoms with Gasteiger partial charge in [0.25, 0.3) is 0 Å². The predicted octanol–water partition coefficient (Wildman–Crippen LogP) is -2.13. The molecule has 0 spiro atoms. The number of nitrogens with two attached hydrogens (primary N) is 1. The summed E-state index contributed by atoms with van der Waals surface area (Å²) in [6.45, 7) is 3.01. The Kier molecular flexibility index (Phi) is 9.66. The number of carbonyl (C=O) groups is 5. The Labute approximate surface area is 173 Å². The highest BCUT2D eigenvalue weighted by Crippen LogP contribution is 2.21. The number of nitrogens with zero attached hydrogens (tertiary/aromatic N) is 1. The second-order valence-corrected chi connectivity index (χ2v) is 7.35. The van der Waals surface area contributed by atoms with Gasteiger partial charge in [0, 0.05) is 6.54 Å². The summed E-state index contributed by atoms with van der Waals surface area (Å²) in [5, 5.41) is 32.0. The first-order valence-corrected chi connectivity index (χ1v) is 9.75. The third-order valence-corrected chi connectivity index (χ3v) is 5.14. The minimum atomic E-state index is -1.53. The van der Waals surface area contributed by atoms with Crippen molar-refractivity contribution in [2.75, 3.05) is 13.2 Å². The van der Waals surface area contributed by atoms with Crippen molar-refractivity contribution in [1.82, 2.24) is 15.5 Å². The average Bonchev–Trinajstić information content (AvgIpc) is 3.19. The quantitative estimate of drug-likeness (QED) is 0.212. The number of aliphatic hydroxyl groups is 1. The summed E-state index contributed by atoms with van der Waals surface area (Å²) in [5.41, 5.74) is 5.38. The molecule has 1 heterocycles. The largest absolute Gasteiger partial charge is 0.481 e. The number of carboxylic acids is 2. The molecule has 0 aromatic carbocycles. The Morgan fingerprint density at radius 2 is 1.77 bits per heavy atom. The normalized spacial score (nSPS) is 20.0. The van der Waals surface area contributed by atoms with Crippen molar-refractivity contribution in [1.29, 1.82) is 0 Å². The van der Waals surface area contributed by atoms with Gasteiger partial charge in [0.2, 0.25) is 17.7 Å². The molecule has 30 heavy (non-hydrogen) atoms. The molecule has 3 amide bonds. The van der Waals surface area contributed by atoms with Crippen LogP contribution in [0.2, 0.25) is 0 Å². The van der Waals surface area contributed by atoms with Gasteiger partial charge in [-0.25, -0.2) is 4.79 Å². The predicted molar refractivity (Wildman–Crippen MR) is 103 cm³/mol. The molecule has 1 saturated heterocycles. The molecule has 1 aliphatic heterocycles. The smallest absolute Gasteiger partial charge is 0.326 e. The lowest BCUT2D eigenvalue weighted by Crippen LogP contribution is -2.59. The zero-order valence-corrected chi connectivity index (χ0v) is 17.0. The van der Waals surface area contributed by atoms with Gasteiger partial charge in [0.1, 0.15) is 24.2 Å². The van der Waals surface area contributed by atoms with Crippen LogP contribution in [-0.2, 0) is 24.0 Å². The van der Waals surface area contributed by atoms with Crippen molar-refractivity contribution in [2.24, 2.45) is 11.7 Å². The Balaban J connectivity index is 3.03. The number of likely N-dealkylation sites (tertiary alicyclic amines) is 1. The zero-order valence-electron chi connectivity index (χ0n) is 17.0. The van der Waals surface area contributed by atoms with E-state index in [1.54, 1.807) is 13.8 Å². The topological polar surface area (TPSA) is 199 Å². The average molecular weight is 430 g/mol. The lowest BCUT2D eigenvalue weighted by atomic mass is 9.96. The molecule has 1 aliphatic rings. The standard InChI is InChI=1S/C18H30N4O8/c1-3-9(2)14(17(28)22-6-4-5-12(22)18(29)30)21-16(27)11(7-13(24)25)20-15(26)10(19)8-23/h9-12,14,23H,3-8,19H2,1-2H3,(H,20,26)(H,21,27)(H,24,25)(H,29,30). The van der Waals surface area contributed by atoms with Gasteiger partial charge in [0.05, 0.1) is 13.0 Å². The molecule has 5 atom stereocenters. The Hall–Kier alpha value is -2.73. The molecule has 170 valence electrons. The van der Waals surface area contributed by atoms with E-state index < -0.39 is 66.9 Å². The fourth-order valence-corrected chi connectivity index (χ4v) is 3.15. The SMILES string of the molecule is CCC(C)C(NC(=O)C(CC(=O)O)NC(=O)C(N)CO)C(=O)N1CCCC1C(=O)O. The number of aliphatic carboxylic acids is 2. The summed E-state index contributed by atoms with van der Waals surface area (Å²) < 4.78 is 0. The van der Waals surface area contributed by atoms with E-state index >= 15 is 0 Å². The van der Waals surface area contributed by atoms with Gasteiger partial charge >= 0.3 is 11.9 Å². The van der Waals surface area contributed by atoms with Gasteiger partial charge in [-0.2, -0.15) is 0 Å². The maximum Gasteiger partial charge on any atom is 0.326 e. The molecular formula is C18H30N4O8. The number of nitrogens with one attached hydrogen (secondary N) is 2. The van der Waals surface area contributed by atoms with Crippen LogP contribution < -0.4 is 16.4 Å². The molecule has 5 unspecified atom stereocenters. The molecule has 0 aromatic rings. The summed E-state index contributed by atoms with van der Waals surface area (Å²) in [4.78, 5) is 61.4. The van der Waals surface area contributed by atoms with Crippen LogP contribution in [0.4, 0.5) is 0 Å². The first kappa shape index (κ1) is 25.3. The minimum absolute atomic E-state index is 0.235. The van der Waals surface area contributed by atoms with Gasteiger partial charge in [-0.1, -0.05) is 20.3 Å². The number of carboxylic acid groups (broad SMARTS) is 2. The highest BCUT2D eigenvalue weighted by Gasteiger charge is 2.40. The van der Waals surface area contributed by atoms with Crippen molar-refractivity contribution in [3.63, 3.8) is 0 Å². The molecule has 0 radical (unpaired) electrons. The summed E-state index contributed by atoms with van der Waals surface area (Å²) in [6, 6.07) is -4.96. The molecule has 1 rings (SSSR count). The highest BCUT2D eigenvalue weighted by atomic mass is 16.4. The zero-order chi connectivity index (χ0) is 23.0. The molecule has 0 saturated carbocycles. The molecule has 0 aliphatic carbocycles. The summed E-state index contributed by atoms with van der Waals surface area (Å²) in [7, 11) is 0. The number of amides is 3. The first-order valence-electron chi connectivity index (χ1n) is 9.75. The molecular weight excluding hydrogens is 400 g/mol. The molecule has 12 heteroatoms. The first-order chi connectivity index (χ1) is 14.0. The van der Waals surface area contributed by atoms with Crippen LogP contribution >= 0.6 is 0 Å². The Bertz CT molecular complexity index is 671. The lowest BCUT2D eigenvalue weighted by molar-refractivity contribution is -0.150. The lowest BCUT2D eigenvalue weighted by Gasteiger charge is -2.31. The van der Waals surface area contributed by atoms with Crippen molar-refractivity contribution in [2.45, 2.75) is 63.7 Å². The van der Waals surface area contributed by atoms with Gasteiger partial charge in [-0.15, -0.1) is 0 Å². The summed E-state index contributed by atoms with van der Waals surface area (Å²) in [6.07, 6.45) is 0.534. The second kappa shape index (κ2) is 11.5. The van der Waals surface area contributed by atoms with E-state index in [0.29, 0.717) is 19.3 Å².